The first-order chi connectivity index (χ1) is 10.8. The van der Waals surface area contributed by atoms with Crippen LogP contribution in [-0.2, 0) is 0 Å². The zero-order valence-corrected chi connectivity index (χ0v) is 12.7. The van der Waals surface area contributed by atoms with Crippen molar-refractivity contribution in [2.75, 3.05) is 0 Å². The number of hydrogen-bond donors (Lipinski definition) is 2. The number of rotatable bonds is 1. The summed E-state index contributed by atoms with van der Waals surface area (Å²) < 4.78 is 7.16. The van der Waals surface area contributed by atoms with Gasteiger partial charge < -0.3 is 19.5 Å². The summed E-state index contributed by atoms with van der Waals surface area (Å²) in [5.41, 5.74) is -0.386. The first kappa shape index (κ1) is 15.1. The van der Waals surface area contributed by atoms with Gasteiger partial charge in [-0.15, -0.1) is 0 Å². The van der Waals surface area contributed by atoms with Crippen LogP contribution in [0.4, 0.5) is 0 Å². The van der Waals surface area contributed by atoms with Gasteiger partial charge in [0.25, 0.3) is 5.56 Å². The lowest BCUT2D eigenvalue weighted by molar-refractivity contribution is -0.0643. The van der Waals surface area contributed by atoms with Crippen molar-refractivity contribution in [3.05, 3.63) is 58.0 Å². The van der Waals surface area contributed by atoms with Gasteiger partial charge in [-0.3, -0.25) is 4.79 Å². The van der Waals surface area contributed by atoms with E-state index in [1.165, 1.54) is 16.8 Å². The highest BCUT2D eigenvalue weighted by Gasteiger charge is 2.44. The predicted molar refractivity (Wildman–Crippen MR) is 82.4 cm³/mol. The smallest absolute Gasteiger partial charge is 0.254 e. The molecular formula is C17H16N2O4. The number of aromatic nitrogens is 1. The SMILES string of the molecule is CC1(C)Oc2ccc(C#N)cc2[C@H](n2ccc(O)cc2=O)[C@H]1O. The molecule has 1 aromatic heterocycles. The molecule has 0 unspecified atom stereocenters. The Bertz CT molecular complexity index is 864. The van der Waals surface area contributed by atoms with Crippen LogP contribution in [0.1, 0.15) is 31.0 Å². The number of aliphatic hydroxyl groups excluding tert-OH is 1. The van der Waals surface area contributed by atoms with Gasteiger partial charge in [0.2, 0.25) is 0 Å². The summed E-state index contributed by atoms with van der Waals surface area (Å²) in [5.74, 6) is 0.377. The van der Waals surface area contributed by atoms with Crippen molar-refractivity contribution in [3.63, 3.8) is 0 Å². The molecule has 0 bridgehead atoms. The third-order valence-corrected chi connectivity index (χ3v) is 4.07. The van der Waals surface area contributed by atoms with Crippen molar-refractivity contribution in [2.45, 2.75) is 31.6 Å². The largest absolute Gasteiger partial charge is 0.508 e. The average Bonchev–Trinajstić information content (AvgIpc) is 2.49. The van der Waals surface area contributed by atoms with Crippen LogP contribution in [0.2, 0.25) is 0 Å². The highest BCUT2D eigenvalue weighted by atomic mass is 16.5. The zero-order chi connectivity index (χ0) is 16.8. The molecule has 23 heavy (non-hydrogen) atoms. The Kier molecular flexibility index (Phi) is 3.38. The Morgan fingerprint density at radius 2 is 2.04 bits per heavy atom. The number of aliphatic hydroxyl groups is 1. The van der Waals surface area contributed by atoms with Gasteiger partial charge in [-0.1, -0.05) is 0 Å². The molecule has 0 fully saturated rings. The van der Waals surface area contributed by atoms with Crippen molar-refractivity contribution < 1.29 is 14.9 Å². The topological polar surface area (TPSA) is 95.5 Å². The van der Waals surface area contributed by atoms with Crippen LogP contribution in [0.5, 0.6) is 11.5 Å². The molecule has 1 aromatic carbocycles. The maximum atomic E-state index is 12.2. The maximum Gasteiger partial charge on any atom is 0.254 e. The average molecular weight is 312 g/mol. The van der Waals surface area contributed by atoms with E-state index >= 15 is 0 Å². The van der Waals surface area contributed by atoms with Crippen LogP contribution in [0, 0.1) is 11.3 Å². The molecule has 6 heteroatoms. The molecule has 3 rings (SSSR count). The number of aromatic hydroxyl groups is 1. The summed E-state index contributed by atoms with van der Waals surface area (Å²) in [7, 11) is 0. The number of fused-ring (bicyclic) bond motifs is 1. The van der Waals surface area contributed by atoms with E-state index in [2.05, 4.69) is 0 Å². The molecule has 0 saturated carbocycles. The quantitative estimate of drug-likeness (QED) is 0.833. The summed E-state index contributed by atoms with van der Waals surface area (Å²) in [6, 6.07) is 8.70. The first-order valence-electron chi connectivity index (χ1n) is 7.16. The van der Waals surface area contributed by atoms with E-state index in [4.69, 9.17) is 10.00 Å². The summed E-state index contributed by atoms with van der Waals surface area (Å²) in [5, 5.41) is 29.3. The Morgan fingerprint density at radius 3 is 2.70 bits per heavy atom. The lowest BCUT2D eigenvalue weighted by Gasteiger charge is -2.42. The summed E-state index contributed by atoms with van der Waals surface area (Å²) >= 11 is 0. The molecule has 2 aromatic rings. The summed E-state index contributed by atoms with van der Waals surface area (Å²) in [6.45, 7) is 3.47. The predicted octanol–water partition coefficient (Wildman–Crippen LogP) is 1.55. The van der Waals surface area contributed by atoms with Gasteiger partial charge in [0.15, 0.2) is 0 Å². The lowest BCUT2D eigenvalue weighted by atomic mass is 9.85. The van der Waals surface area contributed by atoms with Crippen molar-refractivity contribution in [3.8, 4) is 17.6 Å². The molecule has 0 spiro atoms. The Hall–Kier alpha value is -2.78. The minimum absolute atomic E-state index is 0.141. The van der Waals surface area contributed by atoms with E-state index in [0.29, 0.717) is 16.9 Å². The highest BCUT2D eigenvalue weighted by Crippen LogP contribution is 2.41. The minimum atomic E-state index is -1.01. The number of nitrogens with zero attached hydrogens (tertiary/aromatic N) is 2. The van der Waals surface area contributed by atoms with Crippen LogP contribution in [-0.4, -0.2) is 26.5 Å². The second-order valence-corrected chi connectivity index (χ2v) is 6.09. The molecule has 2 heterocycles. The first-order valence-corrected chi connectivity index (χ1v) is 7.16. The monoisotopic (exact) mass is 312 g/mol. The number of benzene rings is 1. The Balaban J connectivity index is 2.26. The summed E-state index contributed by atoms with van der Waals surface area (Å²) in [6.07, 6.45) is 0.418. The van der Waals surface area contributed by atoms with E-state index in [0.717, 1.165) is 6.07 Å². The number of pyridine rings is 1. The molecule has 6 nitrogen and oxygen atoms in total. The molecular weight excluding hydrogens is 296 g/mol. The molecule has 0 amide bonds. The maximum absolute atomic E-state index is 12.2. The third-order valence-electron chi connectivity index (χ3n) is 4.07. The van der Waals surface area contributed by atoms with Crippen molar-refractivity contribution in [1.82, 2.24) is 4.57 Å². The summed E-state index contributed by atoms with van der Waals surface area (Å²) in [4.78, 5) is 12.2. The van der Waals surface area contributed by atoms with Crippen molar-refractivity contribution in [1.29, 1.82) is 5.26 Å². The fraction of sp³-hybridized carbons (Fsp3) is 0.294. The van der Waals surface area contributed by atoms with Crippen molar-refractivity contribution >= 4 is 0 Å². The lowest BCUT2D eigenvalue weighted by Crippen LogP contribution is -2.52. The fourth-order valence-corrected chi connectivity index (χ4v) is 2.85. The second-order valence-electron chi connectivity index (χ2n) is 6.09. The normalized spacial score (nSPS) is 21.8. The molecule has 1 aliphatic heterocycles. The number of nitriles is 1. The standard InChI is InChI=1S/C17H16N2O4/c1-17(2)16(22)15(19-6-5-11(20)8-14(19)21)12-7-10(9-18)3-4-13(12)23-17/h3-8,15-16,20,22H,1-2H3/t15-,16+/m0/s1. The number of hydrogen-bond acceptors (Lipinski definition) is 5. The van der Waals surface area contributed by atoms with E-state index < -0.39 is 23.3 Å². The molecule has 0 radical (unpaired) electrons. The van der Waals surface area contributed by atoms with Gasteiger partial charge in [0.05, 0.1) is 17.7 Å². The van der Waals surface area contributed by atoms with Gasteiger partial charge in [-0.05, 0) is 38.1 Å². The van der Waals surface area contributed by atoms with E-state index in [-0.39, 0.29) is 5.75 Å². The molecule has 118 valence electrons. The third kappa shape index (κ3) is 2.45. The van der Waals surface area contributed by atoms with Gasteiger partial charge in [0, 0.05) is 17.8 Å². The fourth-order valence-electron chi connectivity index (χ4n) is 2.85. The van der Waals surface area contributed by atoms with Gasteiger partial charge in [0.1, 0.15) is 23.2 Å². The number of ether oxygens (including phenoxy) is 1. The van der Waals surface area contributed by atoms with E-state index in [1.807, 2.05) is 6.07 Å². The van der Waals surface area contributed by atoms with Crippen molar-refractivity contribution in [2.24, 2.45) is 0 Å². The van der Waals surface area contributed by atoms with Crippen LogP contribution in [0.15, 0.2) is 41.3 Å². The van der Waals surface area contributed by atoms with Gasteiger partial charge in [-0.2, -0.15) is 5.26 Å². The second kappa shape index (κ2) is 5.14. The molecule has 0 saturated heterocycles. The Morgan fingerprint density at radius 1 is 1.30 bits per heavy atom. The molecule has 2 atom stereocenters. The van der Waals surface area contributed by atoms with Crippen LogP contribution < -0.4 is 10.3 Å². The molecule has 2 N–H and O–H groups in total. The van der Waals surface area contributed by atoms with E-state index in [1.54, 1.807) is 32.0 Å². The van der Waals surface area contributed by atoms with Gasteiger partial charge in [-0.25, -0.2) is 0 Å². The molecule has 1 aliphatic rings. The van der Waals surface area contributed by atoms with E-state index in [9.17, 15) is 15.0 Å². The van der Waals surface area contributed by atoms with Crippen LogP contribution >= 0.6 is 0 Å². The van der Waals surface area contributed by atoms with Crippen LogP contribution in [0.25, 0.3) is 0 Å². The van der Waals surface area contributed by atoms with Gasteiger partial charge >= 0.3 is 0 Å². The zero-order valence-electron chi connectivity index (χ0n) is 12.7. The highest BCUT2D eigenvalue weighted by molar-refractivity contribution is 5.46. The minimum Gasteiger partial charge on any atom is -0.508 e. The van der Waals surface area contributed by atoms with Crippen LogP contribution in [0.3, 0.4) is 0 Å². The Labute approximate surface area is 132 Å². The molecule has 0 aliphatic carbocycles.